The van der Waals surface area contributed by atoms with E-state index in [0.29, 0.717) is 11.5 Å². The summed E-state index contributed by atoms with van der Waals surface area (Å²) in [6.45, 7) is 5.02. The highest BCUT2D eigenvalue weighted by atomic mass is 32.2. The Morgan fingerprint density at radius 1 is 1.33 bits per heavy atom. The van der Waals surface area contributed by atoms with Crippen LogP contribution in [-0.2, 0) is 16.4 Å². The van der Waals surface area contributed by atoms with Gasteiger partial charge in [0.25, 0.3) is 0 Å². The summed E-state index contributed by atoms with van der Waals surface area (Å²) in [5.41, 5.74) is 3.82. The zero-order valence-corrected chi connectivity index (χ0v) is 12.1. The number of aryl methyl sites for hydroxylation is 2. The number of benzene rings is 1. The molecule has 1 unspecified atom stereocenters. The summed E-state index contributed by atoms with van der Waals surface area (Å²) < 4.78 is 23.0. The normalized spacial score (nSPS) is 22.6. The zero-order chi connectivity index (χ0) is 13.3. The fraction of sp³-hybridized carbons (Fsp3) is 0.571. The molecule has 4 heteroatoms. The molecule has 1 aromatic carbocycles. The van der Waals surface area contributed by atoms with Crippen LogP contribution in [0.4, 0.5) is 0 Å². The minimum atomic E-state index is -2.79. The van der Waals surface area contributed by atoms with Crippen molar-refractivity contribution in [3.05, 3.63) is 34.9 Å². The van der Waals surface area contributed by atoms with Crippen LogP contribution >= 0.6 is 0 Å². The molecule has 1 aromatic rings. The van der Waals surface area contributed by atoms with Crippen molar-refractivity contribution in [2.24, 2.45) is 0 Å². The smallest absolute Gasteiger partial charge is 0.151 e. The van der Waals surface area contributed by atoms with E-state index < -0.39 is 9.84 Å². The Balaban J connectivity index is 2.08. The second kappa shape index (κ2) is 5.02. The van der Waals surface area contributed by atoms with Crippen LogP contribution in [0, 0.1) is 13.8 Å². The highest BCUT2D eigenvalue weighted by molar-refractivity contribution is 7.91. The van der Waals surface area contributed by atoms with E-state index in [4.69, 9.17) is 0 Å². The molecule has 1 atom stereocenters. The number of sulfone groups is 1. The lowest BCUT2D eigenvalue weighted by Crippen LogP contribution is -2.32. The van der Waals surface area contributed by atoms with Crippen LogP contribution in [-0.4, -0.2) is 37.9 Å². The van der Waals surface area contributed by atoms with E-state index in [0.717, 1.165) is 13.0 Å². The standard InChI is InChI=1S/C14H21NO2S/c1-11-4-5-12(2)13(8-11)9-15(3)14-6-7-18(16,17)10-14/h4-5,8,14H,6-7,9-10H2,1-3H3. The summed E-state index contributed by atoms with van der Waals surface area (Å²) in [5.74, 6) is 0.656. The number of hydrogen-bond acceptors (Lipinski definition) is 3. The van der Waals surface area contributed by atoms with E-state index >= 15 is 0 Å². The maximum atomic E-state index is 11.5. The Morgan fingerprint density at radius 3 is 2.67 bits per heavy atom. The molecule has 1 aliphatic rings. The Hall–Kier alpha value is -0.870. The first-order valence-corrected chi connectivity index (χ1v) is 8.16. The zero-order valence-electron chi connectivity index (χ0n) is 11.3. The van der Waals surface area contributed by atoms with Gasteiger partial charge in [-0.15, -0.1) is 0 Å². The van der Waals surface area contributed by atoms with Gasteiger partial charge < -0.3 is 0 Å². The first-order chi connectivity index (χ1) is 8.37. The lowest BCUT2D eigenvalue weighted by Gasteiger charge is -2.24. The molecular weight excluding hydrogens is 246 g/mol. The van der Waals surface area contributed by atoms with Gasteiger partial charge in [-0.05, 0) is 38.4 Å². The van der Waals surface area contributed by atoms with Gasteiger partial charge in [0.1, 0.15) is 0 Å². The molecule has 0 amide bonds. The third kappa shape index (κ3) is 3.12. The second-order valence-corrected chi connectivity index (χ2v) is 7.63. The Kier molecular flexibility index (Phi) is 3.78. The molecule has 0 aromatic heterocycles. The van der Waals surface area contributed by atoms with Crippen molar-refractivity contribution in [3.8, 4) is 0 Å². The third-order valence-corrected chi connectivity index (χ3v) is 5.51. The molecule has 0 radical (unpaired) electrons. The van der Waals surface area contributed by atoms with E-state index in [1.54, 1.807) is 0 Å². The Bertz CT molecular complexity index is 537. The maximum absolute atomic E-state index is 11.5. The van der Waals surface area contributed by atoms with Gasteiger partial charge in [-0.3, -0.25) is 4.90 Å². The average molecular weight is 267 g/mol. The Morgan fingerprint density at radius 2 is 2.06 bits per heavy atom. The summed E-state index contributed by atoms with van der Waals surface area (Å²) in [5, 5.41) is 0. The van der Waals surface area contributed by atoms with Crippen molar-refractivity contribution < 1.29 is 8.42 Å². The van der Waals surface area contributed by atoms with E-state index in [-0.39, 0.29) is 6.04 Å². The second-order valence-electron chi connectivity index (χ2n) is 5.40. The van der Waals surface area contributed by atoms with Crippen LogP contribution in [0.5, 0.6) is 0 Å². The number of nitrogens with zero attached hydrogens (tertiary/aromatic N) is 1. The van der Waals surface area contributed by atoms with Crippen LogP contribution in [0.3, 0.4) is 0 Å². The van der Waals surface area contributed by atoms with Crippen LogP contribution in [0.15, 0.2) is 18.2 Å². The fourth-order valence-corrected chi connectivity index (χ4v) is 4.30. The van der Waals surface area contributed by atoms with E-state index in [1.807, 2.05) is 7.05 Å². The molecule has 1 saturated heterocycles. The van der Waals surface area contributed by atoms with Crippen molar-refractivity contribution in [2.45, 2.75) is 32.9 Å². The molecule has 1 aliphatic heterocycles. The maximum Gasteiger partial charge on any atom is 0.151 e. The summed E-state index contributed by atoms with van der Waals surface area (Å²) in [4.78, 5) is 2.17. The van der Waals surface area contributed by atoms with E-state index in [1.165, 1.54) is 16.7 Å². The molecular formula is C14H21NO2S. The van der Waals surface area contributed by atoms with Gasteiger partial charge >= 0.3 is 0 Å². The summed E-state index contributed by atoms with van der Waals surface area (Å²) >= 11 is 0. The topological polar surface area (TPSA) is 37.4 Å². The van der Waals surface area contributed by atoms with Gasteiger partial charge in [-0.25, -0.2) is 8.42 Å². The molecule has 0 bridgehead atoms. The van der Waals surface area contributed by atoms with Gasteiger partial charge in [0.05, 0.1) is 11.5 Å². The van der Waals surface area contributed by atoms with Crippen molar-refractivity contribution in [1.82, 2.24) is 4.90 Å². The molecule has 2 rings (SSSR count). The molecule has 0 N–H and O–H groups in total. The van der Waals surface area contributed by atoms with Crippen LogP contribution in [0.2, 0.25) is 0 Å². The van der Waals surface area contributed by atoms with Gasteiger partial charge in [-0.2, -0.15) is 0 Å². The SMILES string of the molecule is Cc1ccc(C)c(CN(C)C2CCS(=O)(=O)C2)c1. The predicted octanol–water partition coefficient (Wildman–Crippen LogP) is 1.92. The highest BCUT2D eigenvalue weighted by Crippen LogP contribution is 2.20. The molecule has 0 saturated carbocycles. The lowest BCUT2D eigenvalue weighted by atomic mass is 10.0. The number of hydrogen-bond donors (Lipinski definition) is 0. The lowest BCUT2D eigenvalue weighted by molar-refractivity contribution is 0.253. The summed E-state index contributed by atoms with van der Waals surface area (Å²) in [7, 11) is -0.772. The molecule has 0 aliphatic carbocycles. The first kappa shape index (κ1) is 13.6. The minimum Gasteiger partial charge on any atom is -0.298 e. The fourth-order valence-electron chi connectivity index (χ4n) is 2.49. The van der Waals surface area contributed by atoms with Gasteiger partial charge in [0.2, 0.25) is 0 Å². The number of rotatable bonds is 3. The van der Waals surface area contributed by atoms with Crippen LogP contribution < -0.4 is 0 Å². The van der Waals surface area contributed by atoms with Crippen LogP contribution in [0.25, 0.3) is 0 Å². The molecule has 1 fully saturated rings. The summed E-state index contributed by atoms with van der Waals surface area (Å²) in [6, 6.07) is 6.60. The van der Waals surface area contributed by atoms with E-state index in [9.17, 15) is 8.42 Å². The highest BCUT2D eigenvalue weighted by Gasteiger charge is 2.30. The average Bonchev–Trinajstić information content (AvgIpc) is 2.64. The summed E-state index contributed by atoms with van der Waals surface area (Å²) in [6.07, 6.45) is 0.768. The quantitative estimate of drug-likeness (QED) is 0.839. The van der Waals surface area contributed by atoms with Crippen LogP contribution in [0.1, 0.15) is 23.1 Å². The largest absolute Gasteiger partial charge is 0.298 e. The third-order valence-electron chi connectivity index (χ3n) is 3.76. The van der Waals surface area contributed by atoms with E-state index in [2.05, 4.69) is 36.9 Å². The van der Waals surface area contributed by atoms with Gasteiger partial charge in [0.15, 0.2) is 9.84 Å². The van der Waals surface area contributed by atoms with Crippen molar-refractivity contribution >= 4 is 9.84 Å². The predicted molar refractivity (Wildman–Crippen MR) is 74.4 cm³/mol. The monoisotopic (exact) mass is 267 g/mol. The van der Waals surface area contributed by atoms with Crippen molar-refractivity contribution in [2.75, 3.05) is 18.6 Å². The molecule has 1 heterocycles. The first-order valence-electron chi connectivity index (χ1n) is 6.34. The minimum absolute atomic E-state index is 0.176. The van der Waals surface area contributed by atoms with Crippen molar-refractivity contribution in [3.63, 3.8) is 0 Å². The molecule has 100 valence electrons. The Labute approximate surface area is 110 Å². The molecule has 3 nitrogen and oxygen atoms in total. The van der Waals surface area contributed by atoms with Gasteiger partial charge in [-0.1, -0.05) is 23.8 Å². The molecule has 18 heavy (non-hydrogen) atoms. The van der Waals surface area contributed by atoms with Crippen molar-refractivity contribution in [1.29, 1.82) is 0 Å². The molecule has 0 spiro atoms. The van der Waals surface area contributed by atoms with Gasteiger partial charge in [0, 0.05) is 12.6 Å².